The Bertz CT molecular complexity index is 687. The van der Waals surface area contributed by atoms with Crippen molar-refractivity contribution in [2.45, 2.75) is 33.7 Å². The summed E-state index contributed by atoms with van der Waals surface area (Å²) in [6.07, 6.45) is 2.82. The Morgan fingerprint density at radius 3 is 2.68 bits per heavy atom. The van der Waals surface area contributed by atoms with Crippen LogP contribution >= 0.6 is 35.3 Å². The maximum atomic E-state index is 5.57. The number of halogens is 1. The molecule has 0 aliphatic carbocycles. The molecule has 138 valence electrons. The lowest BCUT2D eigenvalue weighted by atomic mass is 10.1. The molecule has 5 nitrogen and oxygen atoms in total. The fourth-order valence-electron chi connectivity index (χ4n) is 2.35. The Hall–Kier alpha value is -1.35. The van der Waals surface area contributed by atoms with Gasteiger partial charge in [-0.3, -0.25) is 4.99 Å². The minimum Gasteiger partial charge on any atom is -0.494 e. The van der Waals surface area contributed by atoms with Crippen molar-refractivity contribution < 1.29 is 4.74 Å². The quantitative estimate of drug-likeness (QED) is 0.365. The van der Waals surface area contributed by atoms with Crippen molar-refractivity contribution in [3.63, 3.8) is 0 Å². The third kappa shape index (κ3) is 7.19. The van der Waals surface area contributed by atoms with Crippen molar-refractivity contribution in [1.82, 2.24) is 15.6 Å². The first kappa shape index (κ1) is 21.7. The van der Waals surface area contributed by atoms with Gasteiger partial charge >= 0.3 is 0 Å². The lowest BCUT2D eigenvalue weighted by Crippen LogP contribution is -2.37. The van der Waals surface area contributed by atoms with Gasteiger partial charge in [0.05, 0.1) is 11.6 Å². The summed E-state index contributed by atoms with van der Waals surface area (Å²) in [5.41, 5.74) is 2.35. The summed E-state index contributed by atoms with van der Waals surface area (Å²) in [5.74, 6) is 1.75. The van der Waals surface area contributed by atoms with Crippen LogP contribution < -0.4 is 15.4 Å². The molecule has 0 aliphatic rings. The van der Waals surface area contributed by atoms with E-state index in [2.05, 4.69) is 46.6 Å². The fourth-order valence-corrected chi connectivity index (χ4v) is 3.14. The highest BCUT2D eigenvalue weighted by Crippen LogP contribution is 2.19. The van der Waals surface area contributed by atoms with E-state index in [0.717, 1.165) is 41.8 Å². The van der Waals surface area contributed by atoms with Crippen LogP contribution in [0.1, 0.15) is 27.9 Å². The van der Waals surface area contributed by atoms with Gasteiger partial charge in [0.25, 0.3) is 0 Å². The second-order valence-corrected chi connectivity index (χ2v) is 6.82. The number of ether oxygens (including phenoxy) is 1. The topological polar surface area (TPSA) is 58.5 Å². The second-order valence-electron chi connectivity index (χ2n) is 5.50. The highest BCUT2D eigenvalue weighted by Gasteiger charge is 2.03. The Labute approximate surface area is 171 Å². The first-order valence-electron chi connectivity index (χ1n) is 8.20. The lowest BCUT2D eigenvalue weighted by Gasteiger charge is -2.13. The van der Waals surface area contributed by atoms with Crippen molar-refractivity contribution in [3.8, 4) is 5.75 Å². The summed E-state index contributed by atoms with van der Waals surface area (Å²) in [5, 5.41) is 7.81. The molecule has 1 aromatic heterocycles. The van der Waals surface area contributed by atoms with Crippen molar-refractivity contribution in [2.75, 3.05) is 20.2 Å². The summed E-state index contributed by atoms with van der Waals surface area (Å²) in [6, 6.07) is 6.25. The SMILES string of the molecule is CCOc1ccc(CNC(=NC)NCCc2ncc(C)s2)cc1C.I. The van der Waals surface area contributed by atoms with Gasteiger partial charge in [0, 0.05) is 37.6 Å². The molecule has 2 aromatic rings. The van der Waals surface area contributed by atoms with E-state index in [4.69, 9.17) is 4.74 Å². The molecule has 0 saturated heterocycles. The van der Waals surface area contributed by atoms with Gasteiger partial charge in [-0.2, -0.15) is 0 Å². The standard InChI is InChI=1S/C18H26N4OS.HI/c1-5-23-16-7-6-15(10-13(16)2)12-22-18(19-4)20-9-8-17-21-11-14(3)24-17;/h6-7,10-11H,5,8-9,12H2,1-4H3,(H2,19,20,22);1H. The average molecular weight is 474 g/mol. The molecule has 2 N–H and O–H groups in total. The van der Waals surface area contributed by atoms with E-state index < -0.39 is 0 Å². The zero-order chi connectivity index (χ0) is 17.4. The number of hydrogen-bond donors (Lipinski definition) is 2. The number of benzene rings is 1. The largest absolute Gasteiger partial charge is 0.494 e. The number of thiazole rings is 1. The highest BCUT2D eigenvalue weighted by molar-refractivity contribution is 14.0. The number of hydrogen-bond acceptors (Lipinski definition) is 4. The number of aromatic nitrogens is 1. The molecule has 0 fully saturated rings. The van der Waals surface area contributed by atoms with Gasteiger partial charge in [-0.15, -0.1) is 35.3 Å². The molecule has 0 unspecified atom stereocenters. The molecule has 0 bridgehead atoms. The van der Waals surface area contributed by atoms with E-state index in [-0.39, 0.29) is 24.0 Å². The summed E-state index contributed by atoms with van der Waals surface area (Å²) in [7, 11) is 1.78. The number of nitrogens with zero attached hydrogens (tertiary/aromatic N) is 2. The number of nitrogens with one attached hydrogen (secondary N) is 2. The molecule has 0 spiro atoms. The predicted octanol–water partition coefficient (Wildman–Crippen LogP) is 3.68. The van der Waals surface area contributed by atoms with Gasteiger partial charge < -0.3 is 15.4 Å². The van der Waals surface area contributed by atoms with Crippen LogP contribution in [0.15, 0.2) is 29.4 Å². The second kappa shape index (κ2) is 11.3. The van der Waals surface area contributed by atoms with E-state index in [9.17, 15) is 0 Å². The van der Waals surface area contributed by atoms with Crippen LogP contribution in [-0.2, 0) is 13.0 Å². The van der Waals surface area contributed by atoms with Crippen LogP contribution in [0.5, 0.6) is 5.75 Å². The van der Waals surface area contributed by atoms with Crippen molar-refractivity contribution >= 4 is 41.3 Å². The molecular formula is C18H27IN4OS. The maximum Gasteiger partial charge on any atom is 0.191 e. The smallest absolute Gasteiger partial charge is 0.191 e. The fraction of sp³-hybridized carbons (Fsp3) is 0.444. The maximum absolute atomic E-state index is 5.57. The monoisotopic (exact) mass is 474 g/mol. The van der Waals surface area contributed by atoms with Gasteiger partial charge in [-0.1, -0.05) is 12.1 Å². The van der Waals surface area contributed by atoms with Crippen LogP contribution in [0.4, 0.5) is 0 Å². The molecule has 1 aromatic carbocycles. The molecular weight excluding hydrogens is 447 g/mol. The molecule has 0 saturated carbocycles. The lowest BCUT2D eigenvalue weighted by molar-refractivity contribution is 0.338. The number of rotatable bonds is 7. The summed E-state index contributed by atoms with van der Waals surface area (Å²) in [6.45, 7) is 8.37. The van der Waals surface area contributed by atoms with Gasteiger partial charge in [0.15, 0.2) is 5.96 Å². The van der Waals surface area contributed by atoms with E-state index in [1.54, 1.807) is 18.4 Å². The zero-order valence-corrected chi connectivity index (χ0v) is 18.4. The van der Waals surface area contributed by atoms with Gasteiger partial charge in [-0.25, -0.2) is 4.98 Å². The van der Waals surface area contributed by atoms with Crippen LogP contribution in [-0.4, -0.2) is 31.1 Å². The summed E-state index contributed by atoms with van der Waals surface area (Å²) < 4.78 is 5.57. The molecule has 25 heavy (non-hydrogen) atoms. The van der Waals surface area contributed by atoms with Crippen molar-refractivity contribution in [2.24, 2.45) is 4.99 Å². The zero-order valence-electron chi connectivity index (χ0n) is 15.3. The molecule has 0 radical (unpaired) electrons. The number of guanidine groups is 1. The first-order chi connectivity index (χ1) is 11.6. The van der Waals surface area contributed by atoms with Gasteiger partial charge in [0.1, 0.15) is 5.75 Å². The average Bonchev–Trinajstić information content (AvgIpc) is 2.98. The van der Waals surface area contributed by atoms with Crippen LogP contribution in [0.25, 0.3) is 0 Å². The number of aryl methyl sites for hydroxylation is 2. The van der Waals surface area contributed by atoms with Gasteiger partial charge in [-0.05, 0) is 38.0 Å². The highest BCUT2D eigenvalue weighted by atomic mass is 127. The summed E-state index contributed by atoms with van der Waals surface area (Å²) in [4.78, 5) is 9.88. The molecule has 7 heteroatoms. The Morgan fingerprint density at radius 1 is 1.28 bits per heavy atom. The summed E-state index contributed by atoms with van der Waals surface area (Å²) >= 11 is 1.74. The van der Waals surface area contributed by atoms with Crippen LogP contribution in [0.2, 0.25) is 0 Å². The van der Waals surface area contributed by atoms with Crippen LogP contribution in [0.3, 0.4) is 0 Å². The molecule has 2 rings (SSSR count). The third-order valence-electron chi connectivity index (χ3n) is 3.52. The number of aliphatic imine (C=N–C) groups is 1. The van der Waals surface area contributed by atoms with E-state index in [1.807, 2.05) is 19.2 Å². The van der Waals surface area contributed by atoms with Crippen LogP contribution in [0, 0.1) is 13.8 Å². The molecule has 0 atom stereocenters. The van der Waals surface area contributed by atoms with E-state index in [1.165, 1.54) is 10.4 Å². The molecule has 0 aliphatic heterocycles. The third-order valence-corrected chi connectivity index (χ3v) is 4.50. The van der Waals surface area contributed by atoms with E-state index in [0.29, 0.717) is 6.61 Å². The van der Waals surface area contributed by atoms with E-state index >= 15 is 0 Å². The van der Waals surface area contributed by atoms with Gasteiger partial charge in [0.2, 0.25) is 0 Å². The minimum absolute atomic E-state index is 0. The normalized spacial score (nSPS) is 11.0. The Balaban J connectivity index is 0.00000312. The minimum atomic E-state index is 0. The first-order valence-corrected chi connectivity index (χ1v) is 9.02. The predicted molar refractivity (Wildman–Crippen MR) is 117 cm³/mol. The molecule has 0 amide bonds. The molecule has 1 heterocycles. The Morgan fingerprint density at radius 2 is 2.08 bits per heavy atom. The van der Waals surface area contributed by atoms with Crippen molar-refractivity contribution in [3.05, 3.63) is 45.4 Å². The Kier molecular flexibility index (Phi) is 9.81. The van der Waals surface area contributed by atoms with Crippen molar-refractivity contribution in [1.29, 1.82) is 0 Å².